The summed E-state index contributed by atoms with van der Waals surface area (Å²) in [6.07, 6.45) is 4.37. The number of carbonyl (C=O) groups excluding carboxylic acids is 2. The molecule has 8 heteroatoms. The van der Waals surface area contributed by atoms with Crippen LogP contribution in [-0.2, 0) is 4.79 Å². The molecule has 0 radical (unpaired) electrons. The van der Waals surface area contributed by atoms with Crippen LogP contribution in [-0.4, -0.2) is 53.7 Å². The van der Waals surface area contributed by atoms with Crippen LogP contribution in [0.1, 0.15) is 27.9 Å². The van der Waals surface area contributed by atoms with Gasteiger partial charge in [-0.15, -0.1) is 0 Å². The average molecular weight is 634 g/mol. The summed E-state index contributed by atoms with van der Waals surface area (Å²) in [6, 6.07) is 25.1. The molecule has 0 saturated heterocycles. The Morgan fingerprint density at radius 3 is 2.33 bits per heavy atom. The molecule has 0 unspecified atom stereocenters. The first kappa shape index (κ1) is 28.3. The van der Waals surface area contributed by atoms with E-state index in [9.17, 15) is 9.59 Å². The maximum Gasteiger partial charge on any atom is 0.267 e. The number of carbonyl (C=O) groups is 2. The van der Waals surface area contributed by atoms with Crippen molar-refractivity contribution in [1.82, 2.24) is 25.3 Å². The number of hydrogen-bond donors (Lipinski definition) is 2. The van der Waals surface area contributed by atoms with Gasteiger partial charge in [-0.25, -0.2) is 4.68 Å². The second-order valence-corrected chi connectivity index (χ2v) is 10.8. The molecule has 4 rings (SSSR count). The van der Waals surface area contributed by atoms with E-state index in [0.717, 1.165) is 33.4 Å². The van der Waals surface area contributed by atoms with Crippen molar-refractivity contribution in [3.63, 3.8) is 0 Å². The molecule has 0 aliphatic rings. The van der Waals surface area contributed by atoms with Gasteiger partial charge < -0.3 is 15.5 Å². The van der Waals surface area contributed by atoms with Crippen LogP contribution in [0.5, 0.6) is 0 Å². The van der Waals surface area contributed by atoms with E-state index >= 15 is 0 Å². The van der Waals surface area contributed by atoms with Gasteiger partial charge in [0, 0.05) is 33.0 Å². The molecule has 0 saturated carbocycles. The molecule has 39 heavy (non-hydrogen) atoms. The van der Waals surface area contributed by atoms with Crippen molar-refractivity contribution in [3.05, 3.63) is 111 Å². The van der Waals surface area contributed by atoms with Crippen LogP contribution in [0.2, 0.25) is 0 Å². The van der Waals surface area contributed by atoms with Gasteiger partial charge in [0.05, 0.1) is 5.69 Å². The zero-order valence-electron chi connectivity index (χ0n) is 22.3. The van der Waals surface area contributed by atoms with Gasteiger partial charge in [-0.2, -0.15) is 5.10 Å². The summed E-state index contributed by atoms with van der Waals surface area (Å²) >= 11 is 2.27. The number of benzene rings is 3. The monoisotopic (exact) mass is 633 g/mol. The Morgan fingerprint density at radius 2 is 1.67 bits per heavy atom. The highest BCUT2D eigenvalue weighted by atomic mass is 127. The van der Waals surface area contributed by atoms with E-state index in [1.807, 2.05) is 93.9 Å². The third-order valence-electron chi connectivity index (χ3n) is 6.06. The van der Waals surface area contributed by atoms with Crippen molar-refractivity contribution >= 4 is 40.5 Å². The summed E-state index contributed by atoms with van der Waals surface area (Å²) in [4.78, 5) is 28.5. The molecule has 0 aliphatic carbocycles. The number of nitrogens with zero attached hydrogens (tertiary/aromatic N) is 3. The Labute approximate surface area is 243 Å². The molecule has 200 valence electrons. The topological polar surface area (TPSA) is 79.3 Å². The highest BCUT2D eigenvalue weighted by Gasteiger charge is 2.18. The standard InChI is InChI=1S/C31H32IN5O2/c1-22-10-12-24(13-11-22)30(38)34-28(31(39)33-18-7-19-36(2)3)20-25-21-37(27-8-5-4-6-9-27)35-29(25)23-14-16-26(32)17-15-23/h4-6,8-17,20-21H,7,18-19H2,1-3H3,(H,33,39)(H,34,38)/b28-20-. The van der Waals surface area contributed by atoms with E-state index in [2.05, 4.69) is 38.1 Å². The molecule has 0 spiro atoms. The molecular weight excluding hydrogens is 601 g/mol. The van der Waals surface area contributed by atoms with Crippen LogP contribution in [0.4, 0.5) is 0 Å². The molecule has 2 N–H and O–H groups in total. The summed E-state index contributed by atoms with van der Waals surface area (Å²) in [5.74, 6) is -0.703. The first-order valence-corrected chi connectivity index (χ1v) is 13.8. The Balaban J connectivity index is 1.73. The van der Waals surface area contributed by atoms with Gasteiger partial charge in [0.2, 0.25) is 0 Å². The molecule has 0 fully saturated rings. The highest BCUT2D eigenvalue weighted by Crippen LogP contribution is 2.26. The number of aromatic nitrogens is 2. The van der Waals surface area contributed by atoms with Crippen molar-refractivity contribution in [2.75, 3.05) is 27.2 Å². The fourth-order valence-electron chi connectivity index (χ4n) is 3.94. The number of nitrogens with one attached hydrogen (secondary N) is 2. The van der Waals surface area contributed by atoms with Crippen molar-refractivity contribution < 1.29 is 9.59 Å². The summed E-state index contributed by atoms with van der Waals surface area (Å²) in [6.45, 7) is 3.29. The summed E-state index contributed by atoms with van der Waals surface area (Å²) in [5.41, 5.74) is 4.90. The lowest BCUT2D eigenvalue weighted by molar-refractivity contribution is -0.117. The lowest BCUT2D eigenvalue weighted by Crippen LogP contribution is -2.36. The molecule has 3 aromatic carbocycles. The maximum absolute atomic E-state index is 13.3. The number of hydrogen-bond acceptors (Lipinski definition) is 4. The lowest BCUT2D eigenvalue weighted by Gasteiger charge is -2.13. The second-order valence-electron chi connectivity index (χ2n) is 9.51. The SMILES string of the molecule is Cc1ccc(C(=O)N/C(=C\c2cn(-c3ccccc3)nc2-c2ccc(I)cc2)C(=O)NCCCN(C)C)cc1. The van der Waals surface area contributed by atoms with E-state index in [-0.39, 0.29) is 17.5 Å². The Hall–Kier alpha value is -3.76. The normalized spacial score (nSPS) is 11.5. The third-order valence-corrected chi connectivity index (χ3v) is 6.77. The van der Waals surface area contributed by atoms with Crippen LogP contribution in [0.25, 0.3) is 23.0 Å². The molecular formula is C31H32IN5O2. The van der Waals surface area contributed by atoms with Gasteiger partial charge in [-0.3, -0.25) is 9.59 Å². The predicted molar refractivity (Wildman–Crippen MR) is 165 cm³/mol. The Morgan fingerprint density at radius 1 is 0.974 bits per heavy atom. The van der Waals surface area contributed by atoms with Gasteiger partial charge in [0.25, 0.3) is 11.8 Å². The van der Waals surface area contributed by atoms with E-state index < -0.39 is 0 Å². The molecule has 2 amide bonds. The average Bonchev–Trinajstić information content (AvgIpc) is 3.35. The van der Waals surface area contributed by atoms with Crippen LogP contribution in [0, 0.1) is 10.5 Å². The van der Waals surface area contributed by atoms with E-state index in [4.69, 9.17) is 5.10 Å². The van der Waals surface area contributed by atoms with Crippen molar-refractivity contribution in [1.29, 1.82) is 0 Å². The number of halogens is 1. The summed E-state index contributed by atoms with van der Waals surface area (Å²) in [5, 5.41) is 10.7. The van der Waals surface area contributed by atoms with Crippen molar-refractivity contribution in [3.8, 4) is 16.9 Å². The first-order valence-electron chi connectivity index (χ1n) is 12.7. The molecule has 0 aliphatic heterocycles. The Kier molecular flexibility index (Phi) is 9.67. The fourth-order valence-corrected chi connectivity index (χ4v) is 4.30. The minimum Gasteiger partial charge on any atom is -0.351 e. The maximum atomic E-state index is 13.3. The highest BCUT2D eigenvalue weighted by molar-refractivity contribution is 14.1. The molecule has 1 aromatic heterocycles. The molecule has 7 nitrogen and oxygen atoms in total. The van der Waals surface area contributed by atoms with Crippen LogP contribution < -0.4 is 10.6 Å². The first-order chi connectivity index (χ1) is 18.8. The zero-order valence-corrected chi connectivity index (χ0v) is 24.5. The smallest absolute Gasteiger partial charge is 0.267 e. The van der Waals surface area contributed by atoms with Gasteiger partial charge >= 0.3 is 0 Å². The van der Waals surface area contributed by atoms with E-state index in [0.29, 0.717) is 23.4 Å². The number of amides is 2. The molecule has 0 atom stereocenters. The van der Waals surface area contributed by atoms with Crippen LogP contribution in [0.3, 0.4) is 0 Å². The van der Waals surface area contributed by atoms with Gasteiger partial charge in [0.1, 0.15) is 11.4 Å². The number of aryl methyl sites for hydroxylation is 1. The van der Waals surface area contributed by atoms with Crippen molar-refractivity contribution in [2.45, 2.75) is 13.3 Å². The van der Waals surface area contributed by atoms with Gasteiger partial charge in [-0.05, 0) is 99.0 Å². The molecule has 0 bridgehead atoms. The quantitative estimate of drug-likeness (QED) is 0.141. The molecule has 1 heterocycles. The second kappa shape index (κ2) is 13.3. The summed E-state index contributed by atoms with van der Waals surface area (Å²) < 4.78 is 2.90. The minimum atomic E-state index is -0.352. The fraction of sp³-hybridized carbons (Fsp3) is 0.194. The summed E-state index contributed by atoms with van der Waals surface area (Å²) in [7, 11) is 3.98. The lowest BCUT2D eigenvalue weighted by atomic mass is 10.1. The third kappa shape index (κ3) is 7.87. The van der Waals surface area contributed by atoms with Gasteiger partial charge in [0.15, 0.2) is 0 Å². The predicted octanol–water partition coefficient (Wildman–Crippen LogP) is 5.29. The number of rotatable bonds is 10. The van der Waals surface area contributed by atoms with E-state index in [1.54, 1.807) is 22.9 Å². The van der Waals surface area contributed by atoms with E-state index in [1.165, 1.54) is 0 Å². The van der Waals surface area contributed by atoms with Crippen molar-refractivity contribution in [2.24, 2.45) is 0 Å². The Bertz CT molecular complexity index is 1440. The van der Waals surface area contributed by atoms with Gasteiger partial charge in [-0.1, -0.05) is 48.0 Å². The number of para-hydroxylation sites is 1. The zero-order chi connectivity index (χ0) is 27.8. The molecule has 4 aromatic rings. The van der Waals surface area contributed by atoms with Crippen LogP contribution in [0.15, 0.2) is 90.8 Å². The largest absolute Gasteiger partial charge is 0.351 e. The van der Waals surface area contributed by atoms with Crippen LogP contribution >= 0.6 is 22.6 Å². The minimum absolute atomic E-state index is 0.157.